The number of para-hydroxylation sites is 2. The Bertz CT molecular complexity index is 1540. The number of nitrogens with zero attached hydrogens (tertiary/aromatic N) is 2. The van der Waals surface area contributed by atoms with Gasteiger partial charge in [0, 0.05) is 35.8 Å². The fraction of sp³-hybridized carbons (Fsp3) is 0.292. The number of rotatable bonds is 10. The normalized spacial score (nSPS) is 15.7. The van der Waals surface area contributed by atoms with Gasteiger partial charge in [-0.05, 0) is 43.2 Å². The van der Waals surface area contributed by atoms with Crippen LogP contribution in [-0.2, 0) is 26.8 Å². The largest absolute Gasteiger partial charge is 0.748 e. The van der Waals surface area contributed by atoms with Crippen LogP contribution in [0.5, 0.6) is 0 Å². The summed E-state index contributed by atoms with van der Waals surface area (Å²) in [5.41, 5.74) is 2.93. The molecule has 0 bridgehead atoms. The van der Waals surface area contributed by atoms with Crippen LogP contribution in [0.2, 0.25) is 0 Å². The first-order valence-electron chi connectivity index (χ1n) is 11.2. The van der Waals surface area contributed by atoms with Crippen molar-refractivity contribution in [3.05, 3.63) is 70.2 Å². The van der Waals surface area contributed by atoms with Crippen molar-refractivity contribution in [1.29, 1.82) is 0 Å². The molecule has 0 fully saturated rings. The lowest BCUT2D eigenvalue weighted by atomic mass is 10.2. The molecule has 2 aromatic carbocycles. The van der Waals surface area contributed by atoms with E-state index in [1.165, 1.54) is 0 Å². The summed E-state index contributed by atoms with van der Waals surface area (Å²) < 4.78 is 67.9. The summed E-state index contributed by atoms with van der Waals surface area (Å²) in [5.74, 6) is -0.719. The first-order chi connectivity index (χ1) is 17.0. The van der Waals surface area contributed by atoms with Gasteiger partial charge < -0.3 is 9.45 Å². The number of aryl methyl sites for hydroxylation is 1. The lowest BCUT2D eigenvalue weighted by Gasteiger charge is -2.20. The molecule has 1 aliphatic heterocycles. The van der Waals surface area contributed by atoms with E-state index in [4.69, 9.17) is 4.55 Å². The zero-order valence-electron chi connectivity index (χ0n) is 19.5. The minimum absolute atomic E-state index is 0.227. The highest BCUT2D eigenvalue weighted by molar-refractivity contribution is 8.03. The molecule has 3 aromatic rings. The summed E-state index contributed by atoms with van der Waals surface area (Å²) in [7, 11) is -8.31. The number of hydrogen-bond donors (Lipinski definition) is 1. The van der Waals surface area contributed by atoms with Crippen molar-refractivity contribution < 1.29 is 30.5 Å². The minimum Gasteiger partial charge on any atom is -0.748 e. The van der Waals surface area contributed by atoms with Crippen molar-refractivity contribution in [2.45, 2.75) is 31.2 Å². The number of benzene rings is 2. The maximum absolute atomic E-state index is 11.2. The van der Waals surface area contributed by atoms with E-state index >= 15 is 0 Å². The van der Waals surface area contributed by atoms with Gasteiger partial charge in [-0.2, -0.15) is 13.0 Å². The second-order valence-corrected chi connectivity index (χ2v) is 13.6. The van der Waals surface area contributed by atoms with E-state index in [0.717, 1.165) is 36.4 Å². The standard InChI is InChI=1S/C24H26N2O6S4/c1-18(16-23-25(12-6-14-35(27,28)29)19-8-2-4-10-21(19)33-23)17-24-26(13-7-15-36(30,31)32)20-9-3-5-11-22(20)34-24/h2-5,8-11,16-17H,6-7,12-15H2,1H3,(H-,27,28,29,30,31,32). The van der Waals surface area contributed by atoms with Gasteiger partial charge in [0.05, 0.1) is 26.6 Å². The Labute approximate surface area is 219 Å². The van der Waals surface area contributed by atoms with Crippen LogP contribution in [0.4, 0.5) is 5.69 Å². The second-order valence-electron chi connectivity index (χ2n) is 8.41. The molecule has 4 rings (SSSR count). The van der Waals surface area contributed by atoms with Crippen molar-refractivity contribution in [3.8, 4) is 0 Å². The number of aromatic nitrogens is 1. The highest BCUT2D eigenvalue weighted by atomic mass is 32.2. The molecule has 192 valence electrons. The maximum Gasteiger partial charge on any atom is 0.264 e. The van der Waals surface area contributed by atoms with Gasteiger partial charge in [-0.25, -0.2) is 8.42 Å². The molecule has 0 saturated carbocycles. The van der Waals surface area contributed by atoms with Crippen molar-refractivity contribution in [2.24, 2.45) is 0 Å². The lowest BCUT2D eigenvalue weighted by molar-refractivity contribution is -0.668. The summed E-state index contributed by atoms with van der Waals surface area (Å²) in [5, 5.41) is 1.89. The number of anilines is 1. The van der Waals surface area contributed by atoms with Crippen LogP contribution in [0.15, 0.2) is 70.1 Å². The van der Waals surface area contributed by atoms with Crippen LogP contribution in [0.25, 0.3) is 16.3 Å². The molecular weight excluding hydrogens is 541 g/mol. The third kappa shape index (κ3) is 6.96. The van der Waals surface area contributed by atoms with E-state index < -0.39 is 26.0 Å². The van der Waals surface area contributed by atoms with Crippen molar-refractivity contribution >= 4 is 65.3 Å². The van der Waals surface area contributed by atoms with Gasteiger partial charge in [-0.15, -0.1) is 0 Å². The van der Waals surface area contributed by atoms with E-state index in [-0.39, 0.29) is 18.6 Å². The van der Waals surface area contributed by atoms with Crippen molar-refractivity contribution in [1.82, 2.24) is 0 Å². The molecule has 0 saturated heterocycles. The smallest absolute Gasteiger partial charge is 0.264 e. The molecule has 1 N–H and O–H groups in total. The molecule has 2 heterocycles. The summed E-state index contributed by atoms with van der Waals surface area (Å²) in [6, 6.07) is 15.7. The van der Waals surface area contributed by atoms with Gasteiger partial charge in [0.25, 0.3) is 15.1 Å². The number of hydrogen-bond acceptors (Lipinski definition) is 8. The maximum atomic E-state index is 11.2. The van der Waals surface area contributed by atoms with Crippen LogP contribution < -0.4 is 9.47 Å². The van der Waals surface area contributed by atoms with E-state index in [2.05, 4.69) is 4.90 Å². The van der Waals surface area contributed by atoms with Gasteiger partial charge >= 0.3 is 0 Å². The fourth-order valence-electron chi connectivity index (χ4n) is 4.02. The average Bonchev–Trinajstić information content (AvgIpc) is 3.30. The van der Waals surface area contributed by atoms with Crippen LogP contribution in [0.1, 0.15) is 24.8 Å². The number of allylic oxidation sites excluding steroid dienone is 2. The zero-order chi connectivity index (χ0) is 25.9. The van der Waals surface area contributed by atoms with E-state index in [9.17, 15) is 21.4 Å². The molecule has 8 nitrogen and oxygen atoms in total. The Kier molecular flexibility index (Phi) is 8.22. The first kappa shape index (κ1) is 26.8. The third-order valence-electron chi connectivity index (χ3n) is 5.54. The molecule has 0 radical (unpaired) electrons. The Morgan fingerprint density at radius 2 is 1.78 bits per heavy atom. The SMILES string of the molecule is CC(=Cc1sc2ccccc2[n+]1CCCS(=O)(=O)[O-])C=C1Sc2ccccc2N1CCCS(=O)(=O)O. The average molecular weight is 567 g/mol. The molecule has 0 atom stereocenters. The fourth-order valence-corrected chi connectivity index (χ4v) is 7.39. The Balaban J connectivity index is 1.63. The summed E-state index contributed by atoms with van der Waals surface area (Å²) >= 11 is 3.18. The minimum atomic E-state index is -4.28. The molecule has 36 heavy (non-hydrogen) atoms. The lowest BCUT2D eigenvalue weighted by Crippen LogP contribution is -2.36. The van der Waals surface area contributed by atoms with E-state index in [1.54, 1.807) is 23.1 Å². The second kappa shape index (κ2) is 11.0. The van der Waals surface area contributed by atoms with Crippen molar-refractivity contribution in [3.63, 3.8) is 0 Å². The molecule has 0 spiro atoms. The molecule has 0 aliphatic carbocycles. The quantitative estimate of drug-likeness (QED) is 0.286. The summed E-state index contributed by atoms with van der Waals surface area (Å²) in [6.45, 7) is 2.82. The van der Waals surface area contributed by atoms with Gasteiger partial charge in [-0.3, -0.25) is 4.55 Å². The van der Waals surface area contributed by atoms with E-state index in [1.807, 2.05) is 72.2 Å². The first-order valence-corrected chi connectivity index (χ1v) is 16.1. The predicted octanol–water partition coefficient (Wildman–Crippen LogP) is 4.26. The molecular formula is C24H26N2O6S4. The Morgan fingerprint density at radius 3 is 2.53 bits per heavy atom. The molecule has 0 amide bonds. The summed E-state index contributed by atoms with van der Waals surface area (Å²) in [6.07, 6.45) is 4.58. The van der Waals surface area contributed by atoms with Crippen LogP contribution in [-0.4, -0.2) is 44.0 Å². The topological polar surface area (TPSA) is 119 Å². The highest BCUT2D eigenvalue weighted by Crippen LogP contribution is 2.46. The number of thiazole rings is 1. The number of thioether (sulfide) groups is 1. The molecule has 0 unspecified atom stereocenters. The highest BCUT2D eigenvalue weighted by Gasteiger charge is 2.25. The van der Waals surface area contributed by atoms with Crippen LogP contribution in [0, 0.1) is 0 Å². The van der Waals surface area contributed by atoms with Crippen molar-refractivity contribution in [2.75, 3.05) is 23.0 Å². The van der Waals surface area contributed by atoms with Crippen LogP contribution in [0.3, 0.4) is 0 Å². The number of fused-ring (bicyclic) bond motifs is 2. The predicted molar refractivity (Wildman–Crippen MR) is 144 cm³/mol. The van der Waals surface area contributed by atoms with Gasteiger partial charge in [0.1, 0.15) is 4.70 Å². The Morgan fingerprint density at radius 1 is 1.06 bits per heavy atom. The molecule has 1 aliphatic rings. The molecule has 1 aromatic heterocycles. The molecule has 12 heteroatoms. The van der Waals surface area contributed by atoms with Gasteiger partial charge in [0.15, 0.2) is 6.54 Å². The van der Waals surface area contributed by atoms with Gasteiger partial charge in [0.2, 0.25) is 5.52 Å². The Hall–Kier alpha value is -2.22. The van der Waals surface area contributed by atoms with E-state index in [0.29, 0.717) is 13.1 Å². The van der Waals surface area contributed by atoms with Crippen LogP contribution >= 0.6 is 23.1 Å². The zero-order valence-corrected chi connectivity index (χ0v) is 22.8. The summed E-state index contributed by atoms with van der Waals surface area (Å²) in [4.78, 5) is 3.12. The third-order valence-corrected chi connectivity index (χ3v) is 9.35. The van der Waals surface area contributed by atoms with Gasteiger partial charge in [-0.1, -0.05) is 47.4 Å². The monoisotopic (exact) mass is 566 g/mol.